The lowest BCUT2D eigenvalue weighted by Gasteiger charge is -2.47. The fourth-order valence-electron chi connectivity index (χ4n) is 2.85. The maximum atomic E-state index is 6.07. The summed E-state index contributed by atoms with van der Waals surface area (Å²) in [6, 6.07) is 6.25. The molecule has 0 amide bonds. The molecule has 2 fully saturated rings. The Bertz CT molecular complexity index is 609. The topological polar surface area (TPSA) is 63.2 Å². The molecular weight excluding hydrogens is 276 g/mol. The van der Waals surface area contributed by atoms with E-state index in [1.165, 1.54) is 5.69 Å². The smallest absolute Gasteiger partial charge is 0.131 e. The summed E-state index contributed by atoms with van der Waals surface area (Å²) in [5, 5.41) is 3.84. The van der Waals surface area contributed by atoms with Crippen molar-refractivity contribution < 1.29 is 4.74 Å². The van der Waals surface area contributed by atoms with Gasteiger partial charge in [0.25, 0.3) is 0 Å². The maximum Gasteiger partial charge on any atom is 0.131 e. The molecule has 1 heterocycles. The minimum atomic E-state index is 0.333. The van der Waals surface area contributed by atoms with E-state index in [1.54, 1.807) is 13.3 Å². The van der Waals surface area contributed by atoms with Crippen molar-refractivity contribution in [3.63, 3.8) is 0 Å². The largest absolute Gasteiger partial charge is 0.490 e. The zero-order valence-electron chi connectivity index (χ0n) is 13.5. The van der Waals surface area contributed by atoms with Crippen LogP contribution >= 0.6 is 0 Å². The quantitative estimate of drug-likeness (QED) is 0.516. The Labute approximate surface area is 131 Å². The number of aliphatic imine (C=N–C) groups is 1. The molecule has 3 rings (SSSR count). The summed E-state index contributed by atoms with van der Waals surface area (Å²) in [4.78, 5) is 6.39. The molecule has 0 unspecified atom stereocenters. The first kappa shape index (κ1) is 14.9. The van der Waals surface area contributed by atoms with Crippen LogP contribution in [0.15, 0.2) is 28.3 Å². The summed E-state index contributed by atoms with van der Waals surface area (Å²) < 4.78 is 6.07. The van der Waals surface area contributed by atoms with Crippen molar-refractivity contribution in [1.29, 1.82) is 0 Å². The first-order valence-electron chi connectivity index (χ1n) is 7.78. The number of nitrogens with two attached hydrogens (primary N) is 1. The van der Waals surface area contributed by atoms with E-state index >= 15 is 0 Å². The number of anilines is 1. The minimum absolute atomic E-state index is 0.333. The zero-order valence-corrected chi connectivity index (χ0v) is 13.5. The van der Waals surface area contributed by atoms with Crippen LogP contribution in [-0.4, -0.2) is 38.2 Å². The van der Waals surface area contributed by atoms with Gasteiger partial charge in [-0.1, -0.05) is 13.8 Å². The van der Waals surface area contributed by atoms with Crippen LogP contribution in [-0.2, 0) is 0 Å². The van der Waals surface area contributed by atoms with Crippen LogP contribution in [0.4, 0.5) is 5.69 Å². The van der Waals surface area contributed by atoms with Gasteiger partial charge in [0.2, 0.25) is 0 Å². The van der Waals surface area contributed by atoms with E-state index < -0.39 is 0 Å². The molecule has 2 aliphatic rings. The Morgan fingerprint density at radius 2 is 2.09 bits per heavy atom. The SMILES string of the molecule is CN=C/C(=N\N)c1ccc(N2CC(C)(C)C2)cc1OC1CC1. The summed E-state index contributed by atoms with van der Waals surface area (Å²) in [7, 11) is 1.71. The summed E-state index contributed by atoms with van der Waals surface area (Å²) in [5.41, 5.74) is 3.15. The molecule has 0 atom stereocenters. The van der Waals surface area contributed by atoms with Crippen molar-refractivity contribution in [1.82, 2.24) is 0 Å². The first-order valence-corrected chi connectivity index (χ1v) is 7.78. The Morgan fingerprint density at radius 1 is 1.36 bits per heavy atom. The predicted octanol–water partition coefficient (Wildman–Crippen LogP) is 2.44. The van der Waals surface area contributed by atoms with Gasteiger partial charge in [-0.15, -0.1) is 0 Å². The summed E-state index contributed by atoms with van der Waals surface area (Å²) in [5.74, 6) is 6.36. The van der Waals surface area contributed by atoms with Crippen molar-refractivity contribution in [3.8, 4) is 5.75 Å². The molecule has 118 valence electrons. The van der Waals surface area contributed by atoms with Gasteiger partial charge in [-0.2, -0.15) is 5.10 Å². The van der Waals surface area contributed by atoms with Crippen LogP contribution in [0.1, 0.15) is 32.3 Å². The van der Waals surface area contributed by atoms with Gasteiger partial charge in [0, 0.05) is 43.7 Å². The van der Waals surface area contributed by atoms with Gasteiger partial charge >= 0.3 is 0 Å². The second kappa shape index (κ2) is 5.63. The van der Waals surface area contributed by atoms with E-state index in [0.29, 0.717) is 17.2 Å². The average molecular weight is 300 g/mol. The van der Waals surface area contributed by atoms with E-state index in [9.17, 15) is 0 Å². The molecule has 1 saturated heterocycles. The normalized spacial score (nSPS) is 21.0. The standard InChI is InChI=1S/C17H24N4O/c1-17(2)10-21(11-17)12-4-7-14(15(20-18)9-19-3)16(8-12)22-13-5-6-13/h4,7-9,13H,5-6,10-11,18H2,1-3H3/b19-9?,20-15+. The molecule has 1 aromatic carbocycles. The molecule has 0 radical (unpaired) electrons. The van der Waals surface area contributed by atoms with Crippen LogP contribution < -0.4 is 15.5 Å². The van der Waals surface area contributed by atoms with Gasteiger partial charge in [0.1, 0.15) is 11.5 Å². The Balaban J connectivity index is 1.89. The number of benzene rings is 1. The average Bonchev–Trinajstić information content (AvgIpc) is 3.26. The van der Waals surface area contributed by atoms with E-state index in [1.807, 2.05) is 6.07 Å². The molecule has 1 aliphatic heterocycles. The maximum absolute atomic E-state index is 6.07. The lowest BCUT2D eigenvalue weighted by Crippen LogP contribution is -2.53. The summed E-state index contributed by atoms with van der Waals surface area (Å²) >= 11 is 0. The van der Waals surface area contributed by atoms with Crippen LogP contribution in [0.2, 0.25) is 0 Å². The van der Waals surface area contributed by atoms with Crippen LogP contribution in [0.3, 0.4) is 0 Å². The third kappa shape index (κ3) is 3.08. The molecule has 1 aromatic rings. The number of ether oxygens (including phenoxy) is 1. The van der Waals surface area contributed by atoms with Crippen molar-refractivity contribution in [2.45, 2.75) is 32.8 Å². The number of hydrazone groups is 1. The second-order valence-corrected chi connectivity index (χ2v) is 6.92. The third-order valence-corrected chi connectivity index (χ3v) is 4.05. The fourth-order valence-corrected chi connectivity index (χ4v) is 2.85. The molecule has 0 bridgehead atoms. The van der Waals surface area contributed by atoms with Gasteiger partial charge in [-0.05, 0) is 30.4 Å². The molecule has 22 heavy (non-hydrogen) atoms. The van der Waals surface area contributed by atoms with Crippen LogP contribution in [0.25, 0.3) is 0 Å². The number of hydrogen-bond acceptors (Lipinski definition) is 5. The van der Waals surface area contributed by atoms with Crippen LogP contribution in [0.5, 0.6) is 5.75 Å². The van der Waals surface area contributed by atoms with Crippen LogP contribution in [0, 0.1) is 5.41 Å². The number of rotatable bonds is 5. The van der Waals surface area contributed by atoms with E-state index in [0.717, 1.165) is 37.2 Å². The lowest BCUT2D eigenvalue weighted by molar-refractivity contribution is 0.275. The summed E-state index contributed by atoms with van der Waals surface area (Å²) in [6.45, 7) is 6.72. The van der Waals surface area contributed by atoms with Gasteiger partial charge in [0.05, 0.1) is 6.10 Å². The van der Waals surface area contributed by atoms with E-state index in [4.69, 9.17) is 10.6 Å². The highest BCUT2D eigenvalue weighted by atomic mass is 16.5. The van der Waals surface area contributed by atoms with Gasteiger partial charge in [0.15, 0.2) is 0 Å². The molecular formula is C17H24N4O. The van der Waals surface area contributed by atoms with Gasteiger partial charge in [-0.3, -0.25) is 4.99 Å². The van der Waals surface area contributed by atoms with Crippen molar-refractivity contribution >= 4 is 17.6 Å². The molecule has 2 N–H and O–H groups in total. The highest BCUT2D eigenvalue weighted by Gasteiger charge is 2.34. The third-order valence-electron chi connectivity index (χ3n) is 4.05. The minimum Gasteiger partial charge on any atom is -0.490 e. The van der Waals surface area contributed by atoms with Crippen molar-refractivity contribution in [2.24, 2.45) is 21.4 Å². The number of hydrogen-bond donors (Lipinski definition) is 1. The lowest BCUT2D eigenvalue weighted by atomic mass is 9.84. The van der Waals surface area contributed by atoms with Gasteiger partial charge < -0.3 is 15.5 Å². The monoisotopic (exact) mass is 300 g/mol. The van der Waals surface area contributed by atoms with Crippen molar-refractivity contribution in [3.05, 3.63) is 23.8 Å². The first-order chi connectivity index (χ1) is 10.5. The molecule has 5 heteroatoms. The Hall–Kier alpha value is -2.04. The molecule has 0 aromatic heterocycles. The summed E-state index contributed by atoms with van der Waals surface area (Å²) in [6.07, 6.45) is 4.25. The number of nitrogens with zero attached hydrogens (tertiary/aromatic N) is 3. The van der Waals surface area contributed by atoms with Crippen molar-refractivity contribution in [2.75, 3.05) is 25.0 Å². The molecule has 0 spiro atoms. The van der Waals surface area contributed by atoms with E-state index in [2.05, 4.69) is 41.0 Å². The highest BCUT2D eigenvalue weighted by molar-refractivity contribution is 6.38. The predicted molar refractivity (Wildman–Crippen MR) is 91.2 cm³/mol. The second-order valence-electron chi connectivity index (χ2n) is 6.92. The van der Waals surface area contributed by atoms with Gasteiger partial charge in [-0.25, -0.2) is 0 Å². The Morgan fingerprint density at radius 3 is 2.64 bits per heavy atom. The molecule has 5 nitrogen and oxygen atoms in total. The fraction of sp³-hybridized carbons (Fsp3) is 0.529. The molecule has 1 aliphatic carbocycles. The zero-order chi connectivity index (χ0) is 15.7. The molecule has 1 saturated carbocycles. The Kier molecular flexibility index (Phi) is 3.81. The highest BCUT2D eigenvalue weighted by Crippen LogP contribution is 2.37. The van der Waals surface area contributed by atoms with E-state index in [-0.39, 0.29) is 0 Å².